The highest BCUT2D eigenvalue weighted by Crippen LogP contribution is 2.50. The van der Waals surface area contributed by atoms with Crippen molar-refractivity contribution in [3.8, 4) is 22.5 Å². The number of imide groups is 1. The normalized spacial score (nSPS) is 19.9. The second-order valence-electron chi connectivity index (χ2n) is 14.7. The van der Waals surface area contributed by atoms with E-state index < -0.39 is 11.9 Å². The van der Waals surface area contributed by atoms with Gasteiger partial charge in [-0.2, -0.15) is 0 Å². The third kappa shape index (κ3) is 5.59. The van der Waals surface area contributed by atoms with Gasteiger partial charge in [-0.1, -0.05) is 12.1 Å². The number of carbonyl (C=O) groups is 3. The summed E-state index contributed by atoms with van der Waals surface area (Å²) in [6.45, 7) is 5.27. The highest BCUT2D eigenvalue weighted by Gasteiger charge is 2.50. The van der Waals surface area contributed by atoms with Crippen molar-refractivity contribution in [1.29, 1.82) is 0 Å². The van der Waals surface area contributed by atoms with E-state index in [4.69, 9.17) is 4.98 Å². The molecule has 1 aromatic carbocycles. The number of hydrogen-bond donors (Lipinski definition) is 3. The van der Waals surface area contributed by atoms with E-state index >= 15 is 0 Å². The van der Waals surface area contributed by atoms with E-state index in [0.717, 1.165) is 115 Å². The van der Waals surface area contributed by atoms with E-state index in [1.165, 1.54) is 0 Å². The minimum absolute atomic E-state index is 0.00615. The largest absolute Gasteiger partial charge is 0.357 e. The van der Waals surface area contributed by atoms with Crippen LogP contribution in [0.3, 0.4) is 0 Å². The van der Waals surface area contributed by atoms with E-state index in [1.54, 1.807) is 16.2 Å². The second kappa shape index (κ2) is 12.6. The number of aryl methyl sites for hydroxylation is 2. The minimum atomic E-state index is -0.684. The molecule has 13 heteroatoms. The number of rotatable bonds is 8. The number of piperazine rings is 1. The molecule has 3 amide bonds. The van der Waals surface area contributed by atoms with Crippen molar-refractivity contribution in [3.63, 3.8) is 0 Å². The molecule has 3 fully saturated rings. The summed E-state index contributed by atoms with van der Waals surface area (Å²) in [5.74, 6) is 0.231. The van der Waals surface area contributed by atoms with E-state index in [-0.39, 0.29) is 29.3 Å². The van der Waals surface area contributed by atoms with Gasteiger partial charge in [0, 0.05) is 86.5 Å². The number of para-hydroxylation sites is 1. The van der Waals surface area contributed by atoms with Crippen LogP contribution in [0.2, 0.25) is 0 Å². The van der Waals surface area contributed by atoms with E-state index in [9.17, 15) is 19.2 Å². The molecule has 1 atom stereocenters. The van der Waals surface area contributed by atoms with Crippen LogP contribution in [0.4, 0.5) is 5.82 Å². The first-order valence-corrected chi connectivity index (χ1v) is 18.2. The Kier molecular flexibility index (Phi) is 7.83. The number of nitrogens with zero attached hydrogens (tertiary/aromatic N) is 6. The van der Waals surface area contributed by atoms with Crippen molar-refractivity contribution in [2.45, 2.75) is 50.0 Å². The fourth-order valence-electron chi connectivity index (χ4n) is 8.34. The molecule has 4 aromatic heterocycles. The highest BCUT2D eigenvalue weighted by atomic mass is 16.2. The molecule has 266 valence electrons. The first kappa shape index (κ1) is 32.4. The van der Waals surface area contributed by atoms with Crippen LogP contribution in [0.1, 0.15) is 59.8 Å². The van der Waals surface area contributed by atoms with Crippen LogP contribution in [-0.4, -0.2) is 86.0 Å². The van der Waals surface area contributed by atoms with Crippen LogP contribution in [0, 0.1) is 0 Å². The van der Waals surface area contributed by atoms with Gasteiger partial charge in [-0.05, 0) is 80.6 Å². The second-order valence-corrected chi connectivity index (χ2v) is 14.7. The number of carbonyl (C=O) groups excluding carboxylic acids is 3. The summed E-state index contributed by atoms with van der Waals surface area (Å²) in [5.41, 5.74) is 8.04. The molecule has 7 heterocycles. The van der Waals surface area contributed by atoms with Gasteiger partial charge in [-0.25, -0.2) is 9.78 Å². The summed E-state index contributed by atoms with van der Waals surface area (Å²) < 4.78 is 3.18. The summed E-state index contributed by atoms with van der Waals surface area (Å²) in [6.07, 6.45) is 8.20. The Labute approximate surface area is 300 Å². The molecule has 0 bridgehead atoms. The Hall–Kier alpha value is -5.56. The number of aromatic amines is 1. The molecule has 4 aliphatic rings. The van der Waals surface area contributed by atoms with Crippen LogP contribution in [0.15, 0.2) is 65.7 Å². The van der Waals surface area contributed by atoms with Crippen LogP contribution in [0.25, 0.3) is 33.5 Å². The average Bonchev–Trinajstić information content (AvgIpc) is 3.71. The lowest BCUT2D eigenvalue weighted by Gasteiger charge is -2.35. The average molecular weight is 700 g/mol. The van der Waals surface area contributed by atoms with E-state index in [1.807, 2.05) is 36.7 Å². The Morgan fingerprint density at radius 3 is 2.56 bits per heavy atom. The van der Waals surface area contributed by atoms with Gasteiger partial charge in [0.05, 0.1) is 22.3 Å². The zero-order valence-electron chi connectivity index (χ0n) is 29.2. The van der Waals surface area contributed by atoms with Gasteiger partial charge >= 0.3 is 5.69 Å². The third-order valence-electron chi connectivity index (χ3n) is 11.5. The van der Waals surface area contributed by atoms with Gasteiger partial charge < -0.3 is 15.2 Å². The predicted octanol–water partition coefficient (Wildman–Crippen LogP) is 3.30. The van der Waals surface area contributed by atoms with Crippen molar-refractivity contribution in [3.05, 3.63) is 88.2 Å². The monoisotopic (exact) mass is 699 g/mol. The zero-order valence-corrected chi connectivity index (χ0v) is 29.2. The fourth-order valence-corrected chi connectivity index (χ4v) is 8.34. The van der Waals surface area contributed by atoms with E-state index in [2.05, 4.69) is 54.7 Å². The van der Waals surface area contributed by atoms with Crippen LogP contribution in [-0.2, 0) is 28.5 Å². The summed E-state index contributed by atoms with van der Waals surface area (Å²) in [4.78, 5) is 68.0. The molecule has 9 rings (SSSR count). The number of fused-ring (bicyclic) bond motifs is 3. The topological polar surface area (TPSA) is 150 Å². The standard InChI is InChI=1S/C39H41N9O4/c1-45-34-24(4-2-6-30(34)48(38(45)52)31-8-10-33(49)44-37(31)51)5-3-15-46-16-18-47(19-17-46)32-9-7-26(22-41-32)28-20-25(11-14-40-28)29-21-27-35(43-29)39(12-13-39)23-42-36(27)50/h2,4,6-7,9,11,14,20-22,31,43H,3,5,8,10,12-13,15-19,23H2,1H3,(H,42,50)(H,44,49,51). The third-order valence-corrected chi connectivity index (χ3v) is 11.5. The number of benzene rings is 1. The highest BCUT2D eigenvalue weighted by molar-refractivity contribution is 6.00. The van der Waals surface area contributed by atoms with Gasteiger partial charge in [0.25, 0.3) is 5.91 Å². The maximum atomic E-state index is 13.3. The van der Waals surface area contributed by atoms with Crippen molar-refractivity contribution in [1.82, 2.24) is 39.6 Å². The predicted molar refractivity (Wildman–Crippen MR) is 196 cm³/mol. The van der Waals surface area contributed by atoms with Crippen molar-refractivity contribution in [2.24, 2.45) is 7.05 Å². The fraction of sp³-hybridized carbons (Fsp3) is 0.385. The lowest BCUT2D eigenvalue weighted by atomic mass is 9.95. The smallest absolute Gasteiger partial charge is 0.329 e. The van der Waals surface area contributed by atoms with Gasteiger partial charge in [-0.15, -0.1) is 0 Å². The molecule has 1 spiro atoms. The summed E-state index contributed by atoms with van der Waals surface area (Å²) in [7, 11) is 1.75. The number of pyridine rings is 2. The molecule has 2 saturated heterocycles. The SMILES string of the molecule is Cn1c(=O)n(C2CCC(=O)NC2=O)c2cccc(CCCN3CCN(c4ccc(-c5cc(-c6cc7c([nH]6)C6(CC6)CNC7=O)ccn5)cn4)CC3)c21. The van der Waals surface area contributed by atoms with Crippen LogP contribution < -0.4 is 21.2 Å². The number of imidazole rings is 1. The summed E-state index contributed by atoms with van der Waals surface area (Å²) in [6, 6.07) is 15.4. The number of piperidine rings is 1. The maximum absolute atomic E-state index is 13.3. The first-order chi connectivity index (χ1) is 25.3. The Balaban J connectivity index is 0.814. The number of anilines is 1. The molecular formula is C39H41N9O4. The molecule has 3 N–H and O–H groups in total. The van der Waals surface area contributed by atoms with Crippen LogP contribution >= 0.6 is 0 Å². The number of aromatic nitrogens is 5. The molecule has 5 aromatic rings. The Bertz CT molecular complexity index is 2290. The Morgan fingerprint density at radius 2 is 1.79 bits per heavy atom. The molecule has 1 unspecified atom stereocenters. The molecule has 52 heavy (non-hydrogen) atoms. The van der Waals surface area contributed by atoms with Crippen molar-refractivity contribution < 1.29 is 14.4 Å². The Morgan fingerprint density at radius 1 is 0.942 bits per heavy atom. The van der Waals surface area contributed by atoms with Crippen molar-refractivity contribution in [2.75, 3.05) is 44.2 Å². The molecule has 1 saturated carbocycles. The minimum Gasteiger partial charge on any atom is -0.357 e. The summed E-state index contributed by atoms with van der Waals surface area (Å²) in [5, 5.41) is 5.43. The number of amides is 3. The number of hydrogen-bond acceptors (Lipinski definition) is 8. The number of H-pyrrole nitrogens is 1. The lowest BCUT2D eigenvalue weighted by molar-refractivity contribution is -0.135. The molecular weight excluding hydrogens is 658 g/mol. The zero-order chi connectivity index (χ0) is 35.6. The quantitative estimate of drug-likeness (QED) is 0.209. The molecule has 3 aliphatic heterocycles. The van der Waals surface area contributed by atoms with Crippen molar-refractivity contribution >= 4 is 34.6 Å². The first-order valence-electron chi connectivity index (χ1n) is 18.2. The number of nitrogens with one attached hydrogen (secondary N) is 3. The van der Waals surface area contributed by atoms with E-state index in [0.29, 0.717) is 13.0 Å². The van der Waals surface area contributed by atoms with Crippen LogP contribution in [0.5, 0.6) is 0 Å². The van der Waals surface area contributed by atoms with Gasteiger partial charge in [0.15, 0.2) is 0 Å². The molecule has 13 nitrogen and oxygen atoms in total. The maximum Gasteiger partial charge on any atom is 0.329 e. The summed E-state index contributed by atoms with van der Waals surface area (Å²) >= 11 is 0. The lowest BCUT2D eigenvalue weighted by Crippen LogP contribution is -2.47. The molecule has 0 radical (unpaired) electrons. The van der Waals surface area contributed by atoms with Gasteiger partial charge in [0.1, 0.15) is 11.9 Å². The van der Waals surface area contributed by atoms with Gasteiger partial charge in [0.2, 0.25) is 11.8 Å². The van der Waals surface area contributed by atoms with Gasteiger partial charge in [-0.3, -0.25) is 38.7 Å². The molecule has 1 aliphatic carbocycles.